The zero-order chi connectivity index (χ0) is 10.9. The van der Waals surface area contributed by atoms with Gasteiger partial charge in [-0.05, 0) is 6.92 Å². The molecule has 4 N–H and O–H groups in total. The second kappa shape index (κ2) is 3.36. The van der Waals surface area contributed by atoms with E-state index in [0.29, 0.717) is 4.57 Å². The Kier molecular flexibility index (Phi) is 2.41. The fourth-order valence-corrected chi connectivity index (χ4v) is 0.961. The molecular weight excluding hydrogens is 190 g/mol. The van der Waals surface area contributed by atoms with E-state index in [-0.39, 0.29) is 5.56 Å². The van der Waals surface area contributed by atoms with E-state index in [2.05, 4.69) is 0 Å². The molecule has 0 fully saturated rings. The minimum Gasteiger partial charge on any atom is -0.494 e. The zero-order valence-electron chi connectivity index (χ0n) is 7.40. The highest BCUT2D eigenvalue weighted by Crippen LogP contribution is 2.06. The summed E-state index contributed by atoms with van der Waals surface area (Å²) >= 11 is 0. The number of aromatic amines is 1. The normalized spacial score (nSPS) is 10.1. The van der Waals surface area contributed by atoms with Crippen LogP contribution in [0.15, 0.2) is 9.59 Å². The molecule has 0 saturated carbocycles. The second-order valence-electron chi connectivity index (χ2n) is 2.76. The van der Waals surface area contributed by atoms with E-state index in [4.69, 9.17) is 5.73 Å². The summed E-state index contributed by atoms with van der Waals surface area (Å²) in [5.74, 6) is -1.33. The summed E-state index contributed by atoms with van der Waals surface area (Å²) in [7, 11) is 0. The Labute approximate surface area is 77.8 Å². The lowest BCUT2D eigenvalue weighted by atomic mass is 10.3. The molecule has 0 aliphatic heterocycles. The molecule has 0 aliphatic rings. The van der Waals surface area contributed by atoms with Gasteiger partial charge in [0.15, 0.2) is 0 Å². The average molecular weight is 199 g/mol. The van der Waals surface area contributed by atoms with Crippen LogP contribution in [0.5, 0.6) is 5.88 Å². The van der Waals surface area contributed by atoms with Crippen molar-refractivity contribution in [2.45, 2.75) is 13.5 Å². The summed E-state index contributed by atoms with van der Waals surface area (Å²) < 4.78 is 0.694. The maximum absolute atomic E-state index is 11.1. The minimum atomic E-state index is -0.864. The van der Waals surface area contributed by atoms with Crippen LogP contribution < -0.4 is 17.0 Å². The Balaban J connectivity index is 3.44. The summed E-state index contributed by atoms with van der Waals surface area (Å²) in [5, 5.41) is 9.34. The number of aromatic nitrogens is 2. The van der Waals surface area contributed by atoms with E-state index in [1.807, 2.05) is 4.98 Å². The number of amides is 1. The van der Waals surface area contributed by atoms with E-state index < -0.39 is 29.6 Å². The Morgan fingerprint density at radius 2 is 2.14 bits per heavy atom. The van der Waals surface area contributed by atoms with Gasteiger partial charge in [0.25, 0.3) is 5.56 Å². The topological polar surface area (TPSA) is 118 Å². The lowest BCUT2D eigenvalue weighted by Gasteiger charge is -2.06. The van der Waals surface area contributed by atoms with Crippen molar-refractivity contribution in [1.29, 1.82) is 0 Å². The maximum Gasteiger partial charge on any atom is 0.331 e. The highest BCUT2D eigenvalue weighted by Gasteiger charge is 2.11. The molecule has 14 heavy (non-hydrogen) atoms. The molecule has 1 amide bonds. The van der Waals surface area contributed by atoms with Crippen molar-refractivity contribution in [2.24, 2.45) is 5.73 Å². The fraction of sp³-hybridized carbons (Fsp3) is 0.286. The van der Waals surface area contributed by atoms with E-state index in [0.717, 1.165) is 0 Å². The lowest BCUT2D eigenvalue weighted by molar-refractivity contribution is -0.118. The number of nitrogens with two attached hydrogens (primary N) is 1. The van der Waals surface area contributed by atoms with E-state index in [9.17, 15) is 19.5 Å². The van der Waals surface area contributed by atoms with Gasteiger partial charge >= 0.3 is 5.69 Å². The third-order valence-electron chi connectivity index (χ3n) is 1.71. The Hall–Kier alpha value is -2.05. The van der Waals surface area contributed by atoms with Gasteiger partial charge in [0, 0.05) is 0 Å². The SMILES string of the molecule is Cc1c(O)n(CC(N)=O)c(=O)[nH]c1=O. The molecule has 0 unspecified atom stereocenters. The number of carbonyl (C=O) groups excluding carboxylic acids is 1. The number of H-pyrrole nitrogens is 1. The minimum absolute atomic E-state index is 0.0362. The van der Waals surface area contributed by atoms with Crippen LogP contribution in [0.25, 0.3) is 0 Å². The molecule has 1 aromatic heterocycles. The van der Waals surface area contributed by atoms with Crippen molar-refractivity contribution in [3.63, 3.8) is 0 Å². The van der Waals surface area contributed by atoms with Crippen LogP contribution in [0.4, 0.5) is 0 Å². The molecule has 0 saturated heterocycles. The van der Waals surface area contributed by atoms with Crippen molar-refractivity contribution in [3.8, 4) is 5.88 Å². The predicted molar refractivity (Wildman–Crippen MR) is 46.9 cm³/mol. The number of aromatic hydroxyl groups is 1. The highest BCUT2D eigenvalue weighted by atomic mass is 16.3. The van der Waals surface area contributed by atoms with Crippen molar-refractivity contribution >= 4 is 5.91 Å². The van der Waals surface area contributed by atoms with Gasteiger partial charge in [-0.15, -0.1) is 0 Å². The molecule has 0 atom stereocenters. The number of nitrogens with zero attached hydrogens (tertiary/aromatic N) is 1. The van der Waals surface area contributed by atoms with Gasteiger partial charge in [-0.3, -0.25) is 19.1 Å². The molecule has 0 bridgehead atoms. The quantitative estimate of drug-likeness (QED) is 0.512. The largest absolute Gasteiger partial charge is 0.494 e. The first-order valence-corrected chi connectivity index (χ1v) is 3.74. The number of primary amides is 1. The Bertz CT molecular complexity index is 485. The summed E-state index contributed by atoms with van der Waals surface area (Å²) in [6, 6.07) is 0. The molecule has 0 aromatic carbocycles. The van der Waals surface area contributed by atoms with Crippen molar-refractivity contribution in [3.05, 3.63) is 26.4 Å². The zero-order valence-corrected chi connectivity index (χ0v) is 7.40. The van der Waals surface area contributed by atoms with Crippen LogP contribution in [0.3, 0.4) is 0 Å². The summed E-state index contributed by atoms with van der Waals surface area (Å²) in [6.07, 6.45) is 0. The number of nitrogens with one attached hydrogen (secondary N) is 1. The number of carbonyl (C=O) groups is 1. The molecular formula is C7H9N3O4. The van der Waals surface area contributed by atoms with Gasteiger partial charge in [-0.25, -0.2) is 4.79 Å². The predicted octanol–water partition coefficient (Wildman–Crippen LogP) is -1.96. The van der Waals surface area contributed by atoms with Gasteiger partial charge in [-0.2, -0.15) is 0 Å². The number of rotatable bonds is 2. The number of hydrogen-bond donors (Lipinski definition) is 3. The maximum atomic E-state index is 11.1. The first kappa shape index (κ1) is 10.0. The first-order chi connectivity index (χ1) is 6.43. The fourth-order valence-electron chi connectivity index (χ4n) is 0.961. The molecule has 1 aromatic rings. The molecule has 0 aliphatic carbocycles. The van der Waals surface area contributed by atoms with Crippen LogP contribution >= 0.6 is 0 Å². The van der Waals surface area contributed by atoms with Crippen LogP contribution in [0.2, 0.25) is 0 Å². The standard InChI is InChI=1S/C7H9N3O4/c1-3-5(12)9-7(14)10(6(3)13)2-4(8)11/h13H,2H2,1H3,(H2,8,11)(H,9,12,14). The molecule has 0 spiro atoms. The van der Waals surface area contributed by atoms with Gasteiger partial charge in [0.2, 0.25) is 11.8 Å². The van der Waals surface area contributed by atoms with Gasteiger partial charge in [-0.1, -0.05) is 0 Å². The molecule has 7 heteroatoms. The first-order valence-electron chi connectivity index (χ1n) is 3.74. The summed E-state index contributed by atoms with van der Waals surface area (Å²) in [5.41, 5.74) is 3.26. The number of hydrogen-bond acceptors (Lipinski definition) is 4. The lowest BCUT2D eigenvalue weighted by Crippen LogP contribution is -2.34. The van der Waals surface area contributed by atoms with Gasteiger partial charge in [0.05, 0.1) is 5.56 Å². The second-order valence-corrected chi connectivity index (χ2v) is 2.76. The van der Waals surface area contributed by atoms with Crippen LogP contribution in [-0.2, 0) is 11.3 Å². The van der Waals surface area contributed by atoms with Crippen molar-refractivity contribution < 1.29 is 9.90 Å². The molecule has 1 heterocycles. The smallest absolute Gasteiger partial charge is 0.331 e. The van der Waals surface area contributed by atoms with Crippen LogP contribution in [-0.4, -0.2) is 20.6 Å². The van der Waals surface area contributed by atoms with E-state index >= 15 is 0 Å². The van der Waals surface area contributed by atoms with E-state index in [1.54, 1.807) is 0 Å². The average Bonchev–Trinajstić information content (AvgIpc) is 2.09. The summed E-state index contributed by atoms with van der Waals surface area (Å²) in [6.45, 7) is 0.855. The van der Waals surface area contributed by atoms with Gasteiger partial charge < -0.3 is 10.8 Å². The third kappa shape index (κ3) is 1.65. The molecule has 76 valence electrons. The third-order valence-corrected chi connectivity index (χ3v) is 1.71. The van der Waals surface area contributed by atoms with Gasteiger partial charge in [0.1, 0.15) is 6.54 Å². The van der Waals surface area contributed by atoms with Crippen molar-refractivity contribution in [1.82, 2.24) is 9.55 Å². The van der Waals surface area contributed by atoms with Crippen LogP contribution in [0.1, 0.15) is 5.56 Å². The molecule has 7 nitrogen and oxygen atoms in total. The molecule has 1 rings (SSSR count). The molecule has 0 radical (unpaired) electrons. The Morgan fingerprint density at radius 1 is 1.57 bits per heavy atom. The Morgan fingerprint density at radius 3 is 2.64 bits per heavy atom. The monoisotopic (exact) mass is 199 g/mol. The van der Waals surface area contributed by atoms with E-state index in [1.165, 1.54) is 6.92 Å². The summed E-state index contributed by atoms with van der Waals surface area (Å²) in [4.78, 5) is 34.5. The van der Waals surface area contributed by atoms with Crippen LogP contribution in [0, 0.1) is 6.92 Å². The highest BCUT2D eigenvalue weighted by molar-refractivity contribution is 5.73. The van der Waals surface area contributed by atoms with Crippen molar-refractivity contribution in [2.75, 3.05) is 0 Å².